The second-order valence-electron chi connectivity index (χ2n) is 6.30. The predicted molar refractivity (Wildman–Crippen MR) is 99.7 cm³/mol. The molecule has 0 unspecified atom stereocenters. The Hall–Kier alpha value is -2.56. The van der Waals surface area contributed by atoms with Gasteiger partial charge in [0.05, 0.1) is 18.1 Å². The van der Waals surface area contributed by atoms with Crippen molar-refractivity contribution in [1.82, 2.24) is 9.62 Å². The quantitative estimate of drug-likeness (QED) is 0.728. The second-order valence-corrected chi connectivity index (χ2v) is 8.24. The van der Waals surface area contributed by atoms with Crippen molar-refractivity contribution >= 4 is 15.9 Å². The molecule has 0 atom stereocenters. The number of hydrogen-bond acceptors (Lipinski definition) is 5. The van der Waals surface area contributed by atoms with E-state index in [9.17, 15) is 22.0 Å². The van der Waals surface area contributed by atoms with Gasteiger partial charge in [0.2, 0.25) is 10.0 Å². The molecule has 0 radical (unpaired) electrons. The molecule has 0 spiro atoms. The van der Waals surface area contributed by atoms with Gasteiger partial charge in [-0.1, -0.05) is 12.1 Å². The normalized spacial score (nSPS) is 15.1. The topological polar surface area (TPSA) is 84.9 Å². The molecule has 1 amide bonds. The summed E-state index contributed by atoms with van der Waals surface area (Å²) in [6.45, 7) is 1.07. The van der Waals surface area contributed by atoms with Gasteiger partial charge in [0.25, 0.3) is 5.91 Å². The highest BCUT2D eigenvalue weighted by molar-refractivity contribution is 7.89. The minimum atomic E-state index is -3.57. The van der Waals surface area contributed by atoms with Gasteiger partial charge >= 0.3 is 0 Å². The Balaban J connectivity index is 1.51. The number of amides is 1. The third-order valence-electron chi connectivity index (χ3n) is 4.27. The number of ether oxygens (including phenoxy) is 2. The van der Waals surface area contributed by atoms with Crippen molar-refractivity contribution in [3.8, 4) is 5.75 Å². The van der Waals surface area contributed by atoms with E-state index < -0.39 is 34.2 Å². The molecule has 1 fully saturated rings. The SMILES string of the molecule is O=C(COc1ccc(F)cc1F)NCc1ccc(S(=O)(=O)N2CCOCC2)cc1. The summed E-state index contributed by atoms with van der Waals surface area (Å²) in [5, 5.41) is 2.58. The molecule has 0 bridgehead atoms. The first-order valence-electron chi connectivity index (χ1n) is 8.87. The Morgan fingerprint density at radius 3 is 2.45 bits per heavy atom. The summed E-state index contributed by atoms with van der Waals surface area (Å²) < 4.78 is 63.0. The first kappa shape index (κ1) is 21.2. The molecule has 1 aliphatic heterocycles. The fourth-order valence-electron chi connectivity index (χ4n) is 2.70. The van der Waals surface area contributed by atoms with Crippen molar-refractivity contribution in [3.05, 3.63) is 59.7 Å². The van der Waals surface area contributed by atoms with E-state index in [1.54, 1.807) is 12.1 Å². The maximum atomic E-state index is 13.5. The lowest BCUT2D eigenvalue weighted by Gasteiger charge is -2.26. The van der Waals surface area contributed by atoms with Crippen molar-refractivity contribution in [1.29, 1.82) is 0 Å². The van der Waals surface area contributed by atoms with Gasteiger partial charge in [0, 0.05) is 25.7 Å². The van der Waals surface area contributed by atoms with E-state index in [4.69, 9.17) is 9.47 Å². The van der Waals surface area contributed by atoms with Gasteiger partial charge in [-0.25, -0.2) is 17.2 Å². The van der Waals surface area contributed by atoms with Crippen LogP contribution in [-0.4, -0.2) is 51.5 Å². The molecule has 156 valence electrons. The molecule has 0 aliphatic carbocycles. The molecule has 0 aromatic heterocycles. The highest BCUT2D eigenvalue weighted by Crippen LogP contribution is 2.18. The number of carbonyl (C=O) groups excluding carboxylic acids is 1. The van der Waals surface area contributed by atoms with Crippen LogP contribution in [0.2, 0.25) is 0 Å². The standard InChI is InChI=1S/C19H20F2N2O5S/c20-15-3-6-18(17(21)11-15)28-13-19(24)22-12-14-1-4-16(5-2-14)29(25,26)23-7-9-27-10-8-23/h1-6,11H,7-10,12-13H2,(H,22,24). The average Bonchev–Trinajstić information content (AvgIpc) is 2.72. The summed E-state index contributed by atoms with van der Waals surface area (Å²) in [5.41, 5.74) is 0.687. The number of rotatable bonds is 7. The summed E-state index contributed by atoms with van der Waals surface area (Å²) >= 11 is 0. The number of nitrogens with zero attached hydrogens (tertiary/aromatic N) is 1. The Morgan fingerprint density at radius 2 is 1.79 bits per heavy atom. The number of halogens is 2. The summed E-state index contributed by atoms with van der Waals surface area (Å²) in [6, 6.07) is 8.98. The van der Waals surface area contributed by atoms with E-state index >= 15 is 0 Å². The molecule has 3 rings (SSSR count). The zero-order valence-electron chi connectivity index (χ0n) is 15.4. The number of morpholine rings is 1. The largest absolute Gasteiger partial charge is 0.481 e. The van der Waals surface area contributed by atoms with Crippen molar-refractivity contribution in [2.45, 2.75) is 11.4 Å². The van der Waals surface area contributed by atoms with Crippen molar-refractivity contribution in [3.63, 3.8) is 0 Å². The van der Waals surface area contributed by atoms with Gasteiger partial charge in [-0.2, -0.15) is 4.31 Å². The van der Waals surface area contributed by atoms with E-state index in [2.05, 4.69) is 5.32 Å². The highest BCUT2D eigenvalue weighted by atomic mass is 32.2. The Bertz CT molecular complexity index is 961. The van der Waals surface area contributed by atoms with E-state index in [-0.39, 0.29) is 17.2 Å². The lowest BCUT2D eigenvalue weighted by molar-refractivity contribution is -0.123. The minimum Gasteiger partial charge on any atom is -0.481 e. The lowest BCUT2D eigenvalue weighted by atomic mass is 10.2. The molecule has 1 N–H and O–H groups in total. The molecule has 10 heteroatoms. The molecule has 1 aliphatic rings. The fourth-order valence-corrected chi connectivity index (χ4v) is 4.11. The van der Waals surface area contributed by atoms with Crippen LogP contribution in [0, 0.1) is 11.6 Å². The summed E-state index contributed by atoms with van der Waals surface area (Å²) in [4.78, 5) is 12.0. The Morgan fingerprint density at radius 1 is 1.10 bits per heavy atom. The zero-order valence-corrected chi connectivity index (χ0v) is 16.3. The van der Waals surface area contributed by atoms with Crippen LogP contribution in [0.15, 0.2) is 47.4 Å². The van der Waals surface area contributed by atoms with Crippen LogP contribution in [0.25, 0.3) is 0 Å². The monoisotopic (exact) mass is 426 g/mol. The van der Waals surface area contributed by atoms with Gasteiger partial charge in [0.15, 0.2) is 18.2 Å². The predicted octanol–water partition coefficient (Wildman–Crippen LogP) is 1.68. The lowest BCUT2D eigenvalue weighted by Crippen LogP contribution is -2.40. The van der Waals surface area contributed by atoms with Crippen LogP contribution in [-0.2, 0) is 26.1 Å². The van der Waals surface area contributed by atoms with E-state index in [0.717, 1.165) is 12.1 Å². The molecule has 7 nitrogen and oxygen atoms in total. The Labute approximate surface area is 167 Å². The van der Waals surface area contributed by atoms with Crippen molar-refractivity contribution in [2.75, 3.05) is 32.9 Å². The highest BCUT2D eigenvalue weighted by Gasteiger charge is 2.26. The third kappa shape index (κ3) is 5.49. The van der Waals surface area contributed by atoms with Crippen LogP contribution in [0.1, 0.15) is 5.56 Å². The van der Waals surface area contributed by atoms with E-state index in [0.29, 0.717) is 37.9 Å². The van der Waals surface area contributed by atoms with E-state index in [1.165, 1.54) is 16.4 Å². The van der Waals surface area contributed by atoms with Gasteiger partial charge in [-0.05, 0) is 29.8 Å². The maximum Gasteiger partial charge on any atom is 0.258 e. The second kappa shape index (κ2) is 9.29. The summed E-state index contributed by atoms with van der Waals surface area (Å²) in [5.74, 6) is -2.36. The molecular formula is C19H20F2N2O5S. The zero-order chi connectivity index (χ0) is 20.9. The number of sulfonamides is 1. The number of hydrogen-bond donors (Lipinski definition) is 1. The van der Waals surface area contributed by atoms with Gasteiger partial charge in [0.1, 0.15) is 5.82 Å². The van der Waals surface area contributed by atoms with Crippen LogP contribution in [0.4, 0.5) is 8.78 Å². The number of carbonyl (C=O) groups is 1. The van der Waals surface area contributed by atoms with Crippen molar-refractivity contribution in [2.24, 2.45) is 0 Å². The van der Waals surface area contributed by atoms with Gasteiger partial charge in [-0.3, -0.25) is 4.79 Å². The van der Waals surface area contributed by atoms with Crippen LogP contribution >= 0.6 is 0 Å². The molecule has 2 aromatic carbocycles. The first-order valence-corrected chi connectivity index (χ1v) is 10.3. The van der Waals surface area contributed by atoms with Gasteiger partial charge < -0.3 is 14.8 Å². The fraction of sp³-hybridized carbons (Fsp3) is 0.316. The maximum absolute atomic E-state index is 13.5. The number of benzene rings is 2. The van der Waals surface area contributed by atoms with E-state index in [1.807, 2.05) is 0 Å². The smallest absolute Gasteiger partial charge is 0.258 e. The number of nitrogens with one attached hydrogen (secondary N) is 1. The molecule has 2 aromatic rings. The molecule has 29 heavy (non-hydrogen) atoms. The first-order chi connectivity index (χ1) is 13.9. The summed E-state index contributed by atoms with van der Waals surface area (Å²) in [7, 11) is -3.57. The molecule has 1 saturated heterocycles. The average molecular weight is 426 g/mol. The van der Waals surface area contributed by atoms with Crippen LogP contribution in [0.3, 0.4) is 0 Å². The molecule has 1 heterocycles. The van der Waals surface area contributed by atoms with Gasteiger partial charge in [-0.15, -0.1) is 0 Å². The third-order valence-corrected chi connectivity index (χ3v) is 6.19. The minimum absolute atomic E-state index is 0.145. The van der Waals surface area contributed by atoms with Crippen LogP contribution in [0.5, 0.6) is 5.75 Å². The molecular weight excluding hydrogens is 406 g/mol. The Kier molecular flexibility index (Phi) is 6.78. The molecule has 0 saturated carbocycles. The van der Waals surface area contributed by atoms with Crippen LogP contribution < -0.4 is 10.1 Å². The van der Waals surface area contributed by atoms with Crippen molar-refractivity contribution < 1.29 is 31.5 Å². The summed E-state index contributed by atoms with van der Waals surface area (Å²) in [6.07, 6.45) is 0.